The normalized spacial score (nSPS) is 10.3. The summed E-state index contributed by atoms with van der Waals surface area (Å²) in [4.78, 5) is 10.5. The SMILES string of the molecule is ClC(Cl)(Cl)Cl.O=C(Cl)c1ccccc1Cl. The summed E-state index contributed by atoms with van der Waals surface area (Å²) in [5.74, 6) is 0. The Labute approximate surface area is 117 Å². The van der Waals surface area contributed by atoms with Crippen molar-refractivity contribution in [3.63, 3.8) is 0 Å². The summed E-state index contributed by atoms with van der Waals surface area (Å²) in [5, 5.41) is -0.131. The summed E-state index contributed by atoms with van der Waals surface area (Å²) >= 11 is 30.1. The zero-order valence-corrected chi connectivity index (χ0v) is 11.5. The van der Waals surface area contributed by atoms with E-state index in [9.17, 15) is 4.79 Å². The third kappa shape index (κ3) is 9.55. The van der Waals surface area contributed by atoms with Gasteiger partial charge in [0.1, 0.15) is 0 Å². The lowest BCUT2D eigenvalue weighted by molar-refractivity contribution is 0.108. The number of carbonyl (C=O) groups is 1. The smallest absolute Gasteiger partial charge is 0.266 e. The first-order chi connectivity index (χ1) is 6.72. The summed E-state index contributed by atoms with van der Waals surface area (Å²) < 4.78 is -1.61. The quantitative estimate of drug-likeness (QED) is 0.507. The van der Waals surface area contributed by atoms with E-state index in [-0.39, 0.29) is 0 Å². The molecular weight excluding hydrogens is 325 g/mol. The van der Waals surface area contributed by atoms with Gasteiger partial charge in [-0.15, -0.1) is 0 Å². The van der Waals surface area contributed by atoms with Gasteiger partial charge in [-0.1, -0.05) is 70.1 Å². The Hall–Kier alpha value is 0.630. The molecule has 0 fully saturated rings. The molecule has 15 heavy (non-hydrogen) atoms. The van der Waals surface area contributed by atoms with Crippen molar-refractivity contribution >= 4 is 74.8 Å². The largest absolute Gasteiger partial charge is 0.276 e. The molecule has 0 aliphatic heterocycles. The molecule has 0 saturated carbocycles. The maximum Gasteiger partial charge on any atom is 0.266 e. The molecule has 0 amide bonds. The highest BCUT2D eigenvalue weighted by atomic mass is 35.6. The van der Waals surface area contributed by atoms with Crippen molar-refractivity contribution in [2.75, 3.05) is 0 Å². The Bertz CT molecular complexity index is 326. The van der Waals surface area contributed by atoms with Crippen molar-refractivity contribution < 1.29 is 4.79 Å². The predicted octanol–water partition coefficient (Wildman–Crippen LogP) is 5.27. The molecule has 1 nitrogen and oxygen atoms in total. The minimum Gasteiger partial charge on any atom is -0.276 e. The molecular formula is C8H4Cl6O. The second-order valence-corrected chi connectivity index (χ2v) is 6.36. The minimum absolute atomic E-state index is 0.353. The van der Waals surface area contributed by atoms with Crippen LogP contribution in [0.4, 0.5) is 0 Å². The molecule has 1 rings (SSSR count). The standard InChI is InChI=1S/C7H4Cl2O.CCl4/c8-6-4-2-1-3-5(6)7(9)10;2-1(3,4)5/h1-4H;. The topological polar surface area (TPSA) is 17.1 Å². The fourth-order valence-electron chi connectivity index (χ4n) is 0.621. The lowest BCUT2D eigenvalue weighted by atomic mass is 10.2. The van der Waals surface area contributed by atoms with Crippen LogP contribution in [-0.2, 0) is 0 Å². The Morgan fingerprint density at radius 1 is 1.07 bits per heavy atom. The van der Waals surface area contributed by atoms with Gasteiger partial charge in [0.25, 0.3) is 8.49 Å². The number of rotatable bonds is 1. The van der Waals surface area contributed by atoms with Crippen LogP contribution in [0.15, 0.2) is 24.3 Å². The van der Waals surface area contributed by atoms with E-state index < -0.39 is 8.49 Å². The third-order valence-corrected chi connectivity index (χ3v) is 1.62. The molecule has 0 unspecified atom stereocenters. The number of hydrogen-bond donors (Lipinski definition) is 0. The highest BCUT2D eigenvalue weighted by Crippen LogP contribution is 2.29. The average Bonchev–Trinajstić information content (AvgIpc) is 2.01. The molecule has 7 heteroatoms. The van der Waals surface area contributed by atoms with Crippen LogP contribution < -0.4 is 0 Å². The van der Waals surface area contributed by atoms with Gasteiger partial charge in [0.15, 0.2) is 0 Å². The summed E-state index contributed by atoms with van der Waals surface area (Å²) in [6.07, 6.45) is 0. The van der Waals surface area contributed by atoms with E-state index in [1.54, 1.807) is 24.3 Å². The highest BCUT2D eigenvalue weighted by Gasteiger charge is 2.11. The molecule has 0 aliphatic carbocycles. The molecule has 0 aromatic heterocycles. The number of carbonyl (C=O) groups excluding carboxylic acids is 1. The van der Waals surface area contributed by atoms with Crippen molar-refractivity contribution in [3.05, 3.63) is 34.9 Å². The van der Waals surface area contributed by atoms with Crippen molar-refractivity contribution in [2.45, 2.75) is 3.25 Å². The number of benzene rings is 1. The second kappa shape index (κ2) is 7.05. The van der Waals surface area contributed by atoms with Crippen molar-refractivity contribution in [1.82, 2.24) is 0 Å². The van der Waals surface area contributed by atoms with Crippen molar-refractivity contribution in [3.8, 4) is 0 Å². The first-order valence-electron chi connectivity index (χ1n) is 3.42. The van der Waals surface area contributed by atoms with Crippen molar-refractivity contribution in [2.24, 2.45) is 0 Å². The van der Waals surface area contributed by atoms with Gasteiger partial charge in [-0.3, -0.25) is 4.79 Å². The summed E-state index contributed by atoms with van der Waals surface area (Å²) in [5.41, 5.74) is 0.353. The van der Waals surface area contributed by atoms with Crippen molar-refractivity contribution in [1.29, 1.82) is 0 Å². The van der Waals surface area contributed by atoms with E-state index in [1.165, 1.54) is 0 Å². The van der Waals surface area contributed by atoms with Gasteiger partial charge in [0, 0.05) is 0 Å². The minimum atomic E-state index is -1.61. The van der Waals surface area contributed by atoms with Crippen LogP contribution in [0, 0.1) is 0 Å². The lowest BCUT2D eigenvalue weighted by Gasteiger charge is -1.93. The van der Waals surface area contributed by atoms with Crippen LogP contribution in [0.3, 0.4) is 0 Å². The predicted molar refractivity (Wildman–Crippen MR) is 67.8 cm³/mol. The highest BCUT2D eigenvalue weighted by molar-refractivity contribution is 6.83. The second-order valence-electron chi connectivity index (χ2n) is 2.18. The van der Waals surface area contributed by atoms with E-state index in [0.717, 1.165) is 0 Å². The Kier molecular flexibility index (Phi) is 7.35. The molecule has 0 spiro atoms. The summed E-state index contributed by atoms with van der Waals surface area (Å²) in [7, 11) is 0. The van der Waals surface area contributed by atoms with Gasteiger partial charge >= 0.3 is 0 Å². The number of alkyl halides is 4. The molecule has 0 atom stereocenters. The Morgan fingerprint density at radius 3 is 1.73 bits per heavy atom. The number of halogens is 6. The van der Waals surface area contributed by atoms with Gasteiger partial charge in [-0.25, -0.2) is 0 Å². The van der Waals surface area contributed by atoms with E-state index in [2.05, 4.69) is 0 Å². The Balaban J connectivity index is 0.000000336. The molecule has 1 aromatic rings. The van der Waals surface area contributed by atoms with E-state index in [0.29, 0.717) is 10.6 Å². The van der Waals surface area contributed by atoms with Crippen LogP contribution in [0.25, 0.3) is 0 Å². The zero-order chi connectivity index (χ0) is 12.1. The molecule has 0 N–H and O–H groups in total. The van der Waals surface area contributed by atoms with Gasteiger partial charge in [-0.2, -0.15) is 0 Å². The molecule has 0 heterocycles. The third-order valence-electron chi connectivity index (χ3n) is 1.09. The van der Waals surface area contributed by atoms with Crippen LogP contribution in [0.1, 0.15) is 10.4 Å². The summed E-state index contributed by atoms with van der Waals surface area (Å²) in [6.45, 7) is 0. The molecule has 0 bridgehead atoms. The molecule has 0 radical (unpaired) electrons. The summed E-state index contributed by atoms with van der Waals surface area (Å²) in [6, 6.07) is 6.65. The van der Waals surface area contributed by atoms with Gasteiger partial charge in [-0.05, 0) is 23.7 Å². The Morgan fingerprint density at radius 2 is 1.47 bits per heavy atom. The van der Waals surface area contributed by atoms with Crippen LogP contribution in [-0.4, -0.2) is 8.49 Å². The first kappa shape index (κ1) is 15.6. The van der Waals surface area contributed by atoms with Gasteiger partial charge in [0.2, 0.25) is 0 Å². The molecule has 0 aliphatic rings. The van der Waals surface area contributed by atoms with E-state index in [4.69, 9.17) is 69.6 Å². The number of hydrogen-bond acceptors (Lipinski definition) is 1. The molecule has 1 aromatic carbocycles. The fraction of sp³-hybridized carbons (Fsp3) is 0.125. The first-order valence-corrected chi connectivity index (χ1v) is 5.68. The monoisotopic (exact) mass is 326 g/mol. The lowest BCUT2D eigenvalue weighted by Crippen LogP contribution is -1.87. The fourth-order valence-corrected chi connectivity index (χ4v) is 1.06. The zero-order valence-electron chi connectivity index (χ0n) is 6.99. The molecule has 0 saturated heterocycles. The molecule has 84 valence electrons. The van der Waals surface area contributed by atoms with E-state index >= 15 is 0 Å². The average molecular weight is 329 g/mol. The van der Waals surface area contributed by atoms with E-state index in [1.807, 2.05) is 0 Å². The van der Waals surface area contributed by atoms with Gasteiger partial charge in [0.05, 0.1) is 10.6 Å². The van der Waals surface area contributed by atoms with Crippen LogP contribution >= 0.6 is 69.6 Å². The van der Waals surface area contributed by atoms with Gasteiger partial charge < -0.3 is 0 Å². The maximum atomic E-state index is 10.5. The van der Waals surface area contributed by atoms with Crippen LogP contribution in [0.5, 0.6) is 0 Å². The maximum absolute atomic E-state index is 10.5. The van der Waals surface area contributed by atoms with Crippen LogP contribution in [0.2, 0.25) is 5.02 Å².